The summed E-state index contributed by atoms with van der Waals surface area (Å²) in [6, 6.07) is 6.53. The van der Waals surface area contributed by atoms with E-state index in [0.717, 1.165) is 47.1 Å². The largest absolute Gasteiger partial charge is 0.351 e. The van der Waals surface area contributed by atoms with Crippen LogP contribution >= 0.6 is 11.3 Å². The standard InChI is InChI=1S/C21H30N4OS/c1-16-7-3-6-11-24(16)14-10-22-20(26)17-8-9-18-19(15-17)27-21(23-18)25-12-4-2-5-13-25/h8-9,15-16H,2-7,10-14H2,1H3,(H,22,26). The topological polar surface area (TPSA) is 48.5 Å². The maximum absolute atomic E-state index is 12.6. The van der Waals surface area contributed by atoms with Gasteiger partial charge in [-0.05, 0) is 63.8 Å². The zero-order valence-electron chi connectivity index (χ0n) is 16.2. The second-order valence-corrected chi connectivity index (χ2v) is 8.87. The third-order valence-corrected chi connectivity index (χ3v) is 6.97. The van der Waals surface area contributed by atoms with Crippen LogP contribution in [0.15, 0.2) is 18.2 Å². The number of benzene rings is 1. The van der Waals surface area contributed by atoms with E-state index in [1.54, 1.807) is 11.3 Å². The highest BCUT2D eigenvalue weighted by molar-refractivity contribution is 7.22. The monoisotopic (exact) mass is 386 g/mol. The lowest BCUT2D eigenvalue weighted by Crippen LogP contribution is -2.42. The zero-order valence-corrected chi connectivity index (χ0v) is 17.1. The molecule has 2 aliphatic heterocycles. The zero-order chi connectivity index (χ0) is 18.6. The van der Waals surface area contributed by atoms with Crippen LogP contribution in [-0.4, -0.2) is 54.6 Å². The normalized spacial score (nSPS) is 21.5. The average molecular weight is 387 g/mol. The van der Waals surface area contributed by atoms with Crippen LogP contribution in [0.3, 0.4) is 0 Å². The third-order valence-electron chi connectivity index (χ3n) is 5.89. The first-order valence-corrected chi connectivity index (χ1v) is 11.2. The highest BCUT2D eigenvalue weighted by Gasteiger charge is 2.18. The molecule has 1 amide bonds. The number of amides is 1. The molecule has 1 atom stereocenters. The van der Waals surface area contributed by atoms with E-state index in [1.807, 2.05) is 18.2 Å². The first-order chi connectivity index (χ1) is 13.2. The van der Waals surface area contributed by atoms with Gasteiger partial charge >= 0.3 is 0 Å². The first kappa shape index (κ1) is 18.7. The predicted molar refractivity (Wildman–Crippen MR) is 113 cm³/mol. The Morgan fingerprint density at radius 1 is 1.19 bits per heavy atom. The van der Waals surface area contributed by atoms with Crippen molar-refractivity contribution in [3.63, 3.8) is 0 Å². The molecule has 5 nitrogen and oxygen atoms in total. The molecular weight excluding hydrogens is 356 g/mol. The van der Waals surface area contributed by atoms with Gasteiger partial charge in [0.1, 0.15) is 0 Å². The van der Waals surface area contributed by atoms with Crippen LogP contribution in [-0.2, 0) is 0 Å². The van der Waals surface area contributed by atoms with Crippen molar-refractivity contribution < 1.29 is 4.79 Å². The number of carbonyl (C=O) groups is 1. The minimum atomic E-state index is 0.0227. The summed E-state index contributed by atoms with van der Waals surface area (Å²) in [7, 11) is 0. The molecule has 27 heavy (non-hydrogen) atoms. The van der Waals surface area contributed by atoms with E-state index in [0.29, 0.717) is 12.6 Å². The van der Waals surface area contributed by atoms with Gasteiger partial charge in [-0.2, -0.15) is 0 Å². The van der Waals surface area contributed by atoms with E-state index in [9.17, 15) is 4.79 Å². The van der Waals surface area contributed by atoms with Crippen LogP contribution in [0.4, 0.5) is 5.13 Å². The molecule has 146 valence electrons. The maximum atomic E-state index is 12.6. The first-order valence-electron chi connectivity index (χ1n) is 10.4. The van der Waals surface area contributed by atoms with Crippen molar-refractivity contribution in [3.05, 3.63) is 23.8 Å². The van der Waals surface area contributed by atoms with Gasteiger partial charge in [0.2, 0.25) is 0 Å². The number of nitrogens with zero attached hydrogens (tertiary/aromatic N) is 3. The van der Waals surface area contributed by atoms with Crippen molar-refractivity contribution in [3.8, 4) is 0 Å². The van der Waals surface area contributed by atoms with Crippen LogP contribution in [0.25, 0.3) is 10.2 Å². The van der Waals surface area contributed by atoms with Crippen LogP contribution in [0, 0.1) is 0 Å². The molecule has 4 rings (SSSR count). The fraction of sp³-hybridized carbons (Fsp3) is 0.619. The fourth-order valence-electron chi connectivity index (χ4n) is 4.18. The summed E-state index contributed by atoms with van der Waals surface area (Å²) in [5.74, 6) is 0.0227. The van der Waals surface area contributed by atoms with Gasteiger partial charge < -0.3 is 10.2 Å². The van der Waals surface area contributed by atoms with Crippen molar-refractivity contribution in [2.24, 2.45) is 0 Å². The minimum Gasteiger partial charge on any atom is -0.351 e. The summed E-state index contributed by atoms with van der Waals surface area (Å²) in [4.78, 5) is 22.2. The van der Waals surface area contributed by atoms with Crippen molar-refractivity contribution in [1.82, 2.24) is 15.2 Å². The fourth-order valence-corrected chi connectivity index (χ4v) is 5.24. The molecule has 3 heterocycles. The molecule has 1 aromatic heterocycles. The van der Waals surface area contributed by atoms with Crippen LogP contribution < -0.4 is 10.2 Å². The Bertz CT molecular complexity index is 784. The number of thiazole rings is 1. The number of nitrogens with one attached hydrogen (secondary N) is 1. The molecule has 0 radical (unpaired) electrons. The lowest BCUT2D eigenvalue weighted by molar-refractivity contribution is 0.0938. The quantitative estimate of drug-likeness (QED) is 0.847. The highest BCUT2D eigenvalue weighted by atomic mass is 32.1. The Kier molecular flexibility index (Phi) is 5.93. The molecule has 2 saturated heterocycles. The Morgan fingerprint density at radius 2 is 2.00 bits per heavy atom. The Hall–Kier alpha value is -1.66. The van der Waals surface area contributed by atoms with Crippen LogP contribution in [0.2, 0.25) is 0 Å². The number of piperidine rings is 2. The number of hydrogen-bond donors (Lipinski definition) is 1. The number of likely N-dealkylation sites (tertiary alicyclic amines) is 1. The number of anilines is 1. The molecule has 6 heteroatoms. The lowest BCUT2D eigenvalue weighted by atomic mass is 10.0. The Morgan fingerprint density at radius 3 is 2.81 bits per heavy atom. The van der Waals surface area contributed by atoms with Gasteiger partial charge in [-0.1, -0.05) is 17.8 Å². The molecule has 1 N–H and O–H groups in total. The maximum Gasteiger partial charge on any atom is 0.251 e. The highest BCUT2D eigenvalue weighted by Crippen LogP contribution is 2.31. The molecule has 2 fully saturated rings. The molecule has 1 aromatic carbocycles. The number of hydrogen-bond acceptors (Lipinski definition) is 5. The van der Waals surface area contributed by atoms with Gasteiger partial charge in [0.25, 0.3) is 5.91 Å². The number of aromatic nitrogens is 1. The smallest absolute Gasteiger partial charge is 0.251 e. The number of fused-ring (bicyclic) bond motifs is 1. The summed E-state index contributed by atoms with van der Waals surface area (Å²) in [5, 5.41) is 4.19. The van der Waals surface area contributed by atoms with Gasteiger partial charge in [0.05, 0.1) is 10.2 Å². The molecule has 0 bridgehead atoms. The molecule has 0 spiro atoms. The number of carbonyl (C=O) groups excluding carboxylic acids is 1. The number of rotatable bonds is 5. The SMILES string of the molecule is CC1CCCCN1CCNC(=O)c1ccc2nc(N3CCCCC3)sc2c1. The molecule has 2 aliphatic rings. The Labute approximate surface area is 165 Å². The van der Waals surface area contributed by atoms with Crippen molar-refractivity contribution in [1.29, 1.82) is 0 Å². The molecule has 2 aromatic rings. The van der Waals surface area contributed by atoms with Gasteiger partial charge in [0.15, 0.2) is 5.13 Å². The van der Waals surface area contributed by atoms with E-state index in [2.05, 4.69) is 22.0 Å². The van der Waals surface area contributed by atoms with E-state index < -0.39 is 0 Å². The molecular formula is C21H30N4OS. The summed E-state index contributed by atoms with van der Waals surface area (Å²) in [6.07, 6.45) is 7.70. The van der Waals surface area contributed by atoms with Crippen LogP contribution in [0.5, 0.6) is 0 Å². The van der Waals surface area contributed by atoms with Gasteiger partial charge in [-0.15, -0.1) is 0 Å². The summed E-state index contributed by atoms with van der Waals surface area (Å²) in [6.45, 7) is 7.30. The van der Waals surface area contributed by atoms with Gasteiger partial charge in [-0.3, -0.25) is 9.69 Å². The van der Waals surface area contributed by atoms with Gasteiger partial charge in [0, 0.05) is 37.8 Å². The van der Waals surface area contributed by atoms with E-state index >= 15 is 0 Å². The van der Waals surface area contributed by atoms with Crippen LogP contribution in [0.1, 0.15) is 55.8 Å². The van der Waals surface area contributed by atoms with E-state index in [-0.39, 0.29) is 5.91 Å². The van der Waals surface area contributed by atoms with E-state index in [4.69, 9.17) is 4.98 Å². The van der Waals surface area contributed by atoms with Crippen molar-refractivity contribution in [2.75, 3.05) is 37.6 Å². The van der Waals surface area contributed by atoms with Crippen molar-refractivity contribution in [2.45, 2.75) is 51.5 Å². The predicted octanol–water partition coefficient (Wildman–Crippen LogP) is 3.89. The average Bonchev–Trinajstić information content (AvgIpc) is 3.13. The summed E-state index contributed by atoms with van der Waals surface area (Å²) < 4.78 is 1.10. The molecule has 0 saturated carbocycles. The molecule has 1 unspecified atom stereocenters. The second-order valence-electron chi connectivity index (χ2n) is 7.86. The third kappa shape index (κ3) is 4.43. The summed E-state index contributed by atoms with van der Waals surface area (Å²) >= 11 is 1.71. The van der Waals surface area contributed by atoms with E-state index in [1.165, 1.54) is 38.5 Å². The minimum absolute atomic E-state index is 0.0227. The van der Waals surface area contributed by atoms with Crippen molar-refractivity contribution >= 4 is 32.6 Å². The second kappa shape index (κ2) is 8.57. The Balaban J connectivity index is 1.36. The summed E-state index contributed by atoms with van der Waals surface area (Å²) in [5.41, 5.74) is 1.74. The van der Waals surface area contributed by atoms with Gasteiger partial charge in [-0.25, -0.2) is 4.98 Å². The molecule has 0 aliphatic carbocycles. The lowest BCUT2D eigenvalue weighted by Gasteiger charge is -2.33.